The first-order chi connectivity index (χ1) is 15.7. The maximum Gasteiger partial charge on any atom is 0.227 e. The number of anilines is 1. The van der Waals surface area contributed by atoms with Crippen molar-refractivity contribution < 1.29 is 9.59 Å². The fourth-order valence-corrected chi connectivity index (χ4v) is 4.60. The summed E-state index contributed by atoms with van der Waals surface area (Å²) in [7, 11) is 0. The highest BCUT2D eigenvalue weighted by atomic mass is 16.2. The second kappa shape index (κ2) is 9.12. The molecule has 1 aromatic carbocycles. The molecule has 2 aliphatic rings. The molecule has 0 radical (unpaired) electrons. The lowest BCUT2D eigenvalue weighted by Crippen LogP contribution is -2.32. The van der Waals surface area contributed by atoms with E-state index >= 15 is 0 Å². The van der Waals surface area contributed by atoms with Crippen molar-refractivity contribution in [1.29, 1.82) is 0 Å². The molecule has 1 aliphatic heterocycles. The van der Waals surface area contributed by atoms with Crippen LogP contribution < -0.4 is 10.6 Å². The topological polar surface area (TPSA) is 96.9 Å². The number of fused-ring (bicyclic) bond motifs is 1. The van der Waals surface area contributed by atoms with Gasteiger partial charge in [-0.15, -0.1) is 0 Å². The maximum atomic E-state index is 12.4. The summed E-state index contributed by atoms with van der Waals surface area (Å²) in [5.41, 5.74) is 3.83. The zero-order chi connectivity index (χ0) is 21.9. The molecule has 2 N–H and O–H groups in total. The van der Waals surface area contributed by atoms with E-state index in [9.17, 15) is 9.59 Å². The Kier molecular flexibility index (Phi) is 5.90. The Labute approximate surface area is 187 Å². The summed E-state index contributed by atoms with van der Waals surface area (Å²) in [4.78, 5) is 38.4. The largest absolute Gasteiger partial charge is 0.326 e. The predicted octanol–water partition coefficient (Wildman–Crippen LogP) is 3.68. The fourth-order valence-electron chi connectivity index (χ4n) is 4.60. The molecule has 5 rings (SSSR count). The van der Waals surface area contributed by atoms with Crippen molar-refractivity contribution in [2.24, 2.45) is 5.92 Å². The number of nitrogens with zero attached hydrogens (tertiary/aromatic N) is 3. The van der Waals surface area contributed by atoms with Crippen LogP contribution in [0.4, 0.5) is 5.69 Å². The fraction of sp³-hybridized carbons (Fsp3) is 0.400. The van der Waals surface area contributed by atoms with Gasteiger partial charge >= 0.3 is 0 Å². The molecule has 1 amide bonds. The molecule has 1 atom stereocenters. The van der Waals surface area contributed by atoms with Crippen LogP contribution in [0.15, 0.2) is 42.6 Å². The number of aromatic nitrogens is 3. The van der Waals surface area contributed by atoms with Gasteiger partial charge in [0.05, 0.1) is 24.2 Å². The van der Waals surface area contributed by atoms with Gasteiger partial charge in [-0.25, -0.2) is 15.0 Å². The quantitative estimate of drug-likeness (QED) is 0.620. The Morgan fingerprint density at radius 2 is 1.75 bits per heavy atom. The van der Waals surface area contributed by atoms with Crippen molar-refractivity contribution in [3.05, 3.63) is 48.3 Å². The third kappa shape index (κ3) is 4.53. The number of Topliss-reactive ketones (excluding diaryl/α,β-unsaturated/α-hetero) is 1. The molecule has 164 valence electrons. The second-order valence-electron chi connectivity index (χ2n) is 8.74. The first-order valence-corrected chi connectivity index (χ1v) is 11.5. The molecule has 1 aliphatic carbocycles. The summed E-state index contributed by atoms with van der Waals surface area (Å²) in [6.07, 6.45) is 8.22. The average molecular weight is 430 g/mol. The number of carbonyl (C=O) groups excluding carboxylic acids is 2. The van der Waals surface area contributed by atoms with Crippen LogP contribution in [0.1, 0.15) is 44.2 Å². The van der Waals surface area contributed by atoms with Crippen LogP contribution in [0.25, 0.3) is 22.4 Å². The van der Waals surface area contributed by atoms with E-state index in [1.54, 1.807) is 6.20 Å². The molecule has 0 spiro atoms. The molecule has 3 aromatic rings. The molecule has 0 unspecified atom stereocenters. The number of rotatable bonds is 6. The van der Waals surface area contributed by atoms with Crippen molar-refractivity contribution in [2.45, 2.75) is 51.0 Å². The highest BCUT2D eigenvalue weighted by molar-refractivity contribution is 5.93. The van der Waals surface area contributed by atoms with Crippen molar-refractivity contribution in [3.8, 4) is 11.4 Å². The third-order valence-electron chi connectivity index (χ3n) is 6.44. The highest BCUT2D eigenvalue weighted by Crippen LogP contribution is 2.26. The minimum absolute atomic E-state index is 0.0444. The van der Waals surface area contributed by atoms with E-state index in [-0.39, 0.29) is 23.7 Å². The van der Waals surface area contributed by atoms with Gasteiger partial charge in [0.25, 0.3) is 0 Å². The van der Waals surface area contributed by atoms with Gasteiger partial charge in [0, 0.05) is 22.9 Å². The molecular formula is C25H27N5O2. The van der Waals surface area contributed by atoms with Gasteiger partial charge in [0.2, 0.25) is 5.91 Å². The smallest absolute Gasteiger partial charge is 0.227 e. The Morgan fingerprint density at radius 3 is 2.50 bits per heavy atom. The molecule has 7 heteroatoms. The maximum absolute atomic E-state index is 12.4. The van der Waals surface area contributed by atoms with Crippen LogP contribution in [-0.4, -0.2) is 39.2 Å². The number of amides is 1. The SMILES string of the molecule is O=C(Nc1ccc(-c2ncc3nc(CC(=O)[C@@H]4CCCN4)ccc3n2)cc1)C1CCCC1. The Bertz CT molecular complexity index is 1130. The second-order valence-corrected chi connectivity index (χ2v) is 8.74. The molecule has 3 heterocycles. The van der Waals surface area contributed by atoms with Gasteiger partial charge in [0.15, 0.2) is 11.6 Å². The van der Waals surface area contributed by atoms with E-state index in [4.69, 9.17) is 0 Å². The van der Waals surface area contributed by atoms with Crippen molar-refractivity contribution in [2.75, 3.05) is 11.9 Å². The standard InChI is InChI=1S/C25H27N5O2/c31-23(21-6-3-13-26-21)14-19-11-12-20-22(28-19)15-27-24(30-20)16-7-9-18(10-8-16)29-25(32)17-4-1-2-5-17/h7-12,15,17,21,26H,1-6,13-14H2,(H,29,32)/t21-/m0/s1. The number of carbonyl (C=O) groups is 2. The number of pyridine rings is 1. The minimum atomic E-state index is -0.0444. The van der Waals surface area contributed by atoms with Crippen LogP contribution in [0.3, 0.4) is 0 Å². The average Bonchev–Trinajstić information content (AvgIpc) is 3.54. The van der Waals surface area contributed by atoms with Crippen LogP contribution in [-0.2, 0) is 16.0 Å². The molecule has 0 bridgehead atoms. The van der Waals surface area contributed by atoms with Gasteiger partial charge in [-0.1, -0.05) is 12.8 Å². The van der Waals surface area contributed by atoms with E-state index in [1.165, 1.54) is 0 Å². The number of nitrogens with one attached hydrogen (secondary N) is 2. The number of ketones is 1. The van der Waals surface area contributed by atoms with Gasteiger partial charge < -0.3 is 10.6 Å². The predicted molar refractivity (Wildman–Crippen MR) is 123 cm³/mol. The van der Waals surface area contributed by atoms with Crippen LogP contribution >= 0.6 is 0 Å². The monoisotopic (exact) mass is 429 g/mol. The van der Waals surface area contributed by atoms with Crippen LogP contribution in [0.2, 0.25) is 0 Å². The van der Waals surface area contributed by atoms with Crippen molar-refractivity contribution >= 4 is 28.4 Å². The molecule has 7 nitrogen and oxygen atoms in total. The molecule has 1 saturated heterocycles. The first kappa shape index (κ1) is 20.7. The van der Waals surface area contributed by atoms with E-state index in [0.717, 1.165) is 67.5 Å². The minimum Gasteiger partial charge on any atom is -0.326 e. The summed E-state index contributed by atoms with van der Waals surface area (Å²) in [5.74, 6) is 1.04. The van der Waals surface area contributed by atoms with Gasteiger partial charge in [0.1, 0.15) is 5.52 Å². The molecule has 1 saturated carbocycles. The van der Waals surface area contributed by atoms with Gasteiger partial charge in [-0.05, 0) is 68.6 Å². The summed E-state index contributed by atoms with van der Waals surface area (Å²) < 4.78 is 0. The van der Waals surface area contributed by atoms with E-state index < -0.39 is 0 Å². The van der Waals surface area contributed by atoms with Crippen molar-refractivity contribution in [3.63, 3.8) is 0 Å². The molecule has 2 fully saturated rings. The van der Waals surface area contributed by atoms with Crippen LogP contribution in [0.5, 0.6) is 0 Å². The Morgan fingerprint density at radius 1 is 0.938 bits per heavy atom. The normalized spacial score (nSPS) is 18.8. The Hall–Kier alpha value is -3.19. The van der Waals surface area contributed by atoms with Gasteiger partial charge in [-0.3, -0.25) is 9.59 Å². The van der Waals surface area contributed by atoms with Crippen LogP contribution in [0, 0.1) is 5.92 Å². The lowest BCUT2D eigenvalue weighted by molar-refractivity contribution is -0.120. The van der Waals surface area contributed by atoms with E-state index in [2.05, 4.69) is 25.6 Å². The number of benzene rings is 1. The lowest BCUT2D eigenvalue weighted by atomic mass is 10.1. The third-order valence-corrected chi connectivity index (χ3v) is 6.44. The zero-order valence-electron chi connectivity index (χ0n) is 18.0. The molecule has 32 heavy (non-hydrogen) atoms. The first-order valence-electron chi connectivity index (χ1n) is 11.5. The zero-order valence-corrected chi connectivity index (χ0v) is 18.0. The Balaban J connectivity index is 1.27. The summed E-state index contributed by atoms with van der Waals surface area (Å²) in [6.45, 7) is 0.909. The lowest BCUT2D eigenvalue weighted by Gasteiger charge is -2.11. The van der Waals surface area contributed by atoms with Crippen molar-refractivity contribution in [1.82, 2.24) is 20.3 Å². The van der Waals surface area contributed by atoms with Gasteiger partial charge in [-0.2, -0.15) is 0 Å². The van der Waals surface area contributed by atoms with E-state index in [1.807, 2.05) is 36.4 Å². The molecular weight excluding hydrogens is 402 g/mol. The summed E-state index contributed by atoms with van der Waals surface area (Å²) >= 11 is 0. The number of hydrogen-bond donors (Lipinski definition) is 2. The summed E-state index contributed by atoms with van der Waals surface area (Å²) in [5, 5.41) is 6.25. The number of hydrogen-bond acceptors (Lipinski definition) is 6. The highest BCUT2D eigenvalue weighted by Gasteiger charge is 2.23. The molecule has 2 aromatic heterocycles. The van der Waals surface area contributed by atoms with E-state index in [0.29, 0.717) is 17.8 Å². The summed E-state index contributed by atoms with van der Waals surface area (Å²) in [6, 6.07) is 11.3.